The summed E-state index contributed by atoms with van der Waals surface area (Å²) in [6.07, 6.45) is 4.31. The second-order valence-corrected chi connectivity index (χ2v) is 5.04. The van der Waals surface area contributed by atoms with Crippen molar-refractivity contribution in [2.75, 3.05) is 13.6 Å². The Labute approximate surface area is 102 Å². The molecule has 2 unspecified atom stereocenters. The van der Waals surface area contributed by atoms with Crippen molar-refractivity contribution in [3.05, 3.63) is 11.7 Å². The molecule has 2 atom stereocenters. The highest BCUT2D eigenvalue weighted by molar-refractivity contribution is 4.83. The third-order valence-corrected chi connectivity index (χ3v) is 3.39. The zero-order valence-corrected chi connectivity index (χ0v) is 10.6. The number of aliphatic hydroxyl groups is 1. The van der Waals surface area contributed by atoms with Crippen LogP contribution >= 0.6 is 0 Å². The van der Waals surface area contributed by atoms with Gasteiger partial charge in [-0.05, 0) is 32.7 Å². The number of rotatable bonds is 4. The molecule has 0 radical (unpaired) electrons. The van der Waals surface area contributed by atoms with Gasteiger partial charge in [0.2, 0.25) is 5.89 Å². The first kappa shape index (κ1) is 12.5. The summed E-state index contributed by atoms with van der Waals surface area (Å²) in [5, 5.41) is 13.7. The lowest BCUT2D eigenvalue weighted by atomic mass is 9.86. The summed E-state index contributed by atoms with van der Waals surface area (Å²) < 4.78 is 5.09. The molecule has 0 aromatic carbocycles. The van der Waals surface area contributed by atoms with Gasteiger partial charge in [0.05, 0.1) is 12.6 Å². The van der Waals surface area contributed by atoms with Crippen molar-refractivity contribution in [3.8, 4) is 0 Å². The van der Waals surface area contributed by atoms with Crippen LogP contribution in [-0.4, -0.2) is 39.8 Å². The molecule has 5 heteroatoms. The first-order valence-electron chi connectivity index (χ1n) is 6.31. The summed E-state index contributed by atoms with van der Waals surface area (Å²) in [6, 6.07) is 0. The Morgan fingerprint density at radius 2 is 2.18 bits per heavy atom. The summed E-state index contributed by atoms with van der Waals surface area (Å²) >= 11 is 0. The van der Waals surface area contributed by atoms with E-state index in [1.807, 2.05) is 14.0 Å². The zero-order valence-electron chi connectivity index (χ0n) is 10.6. The molecule has 1 saturated carbocycles. The molecule has 0 saturated heterocycles. The number of aromatic nitrogens is 2. The van der Waals surface area contributed by atoms with Gasteiger partial charge in [-0.25, -0.2) is 0 Å². The standard InChI is InChI=1S/C12H21N3O2/c1-9-13-12(17-14-9)8-15(2)7-10-5-3-4-6-11(10)16/h10-11,16H,3-8H2,1-2H3. The Hall–Kier alpha value is -0.940. The van der Waals surface area contributed by atoms with Gasteiger partial charge in [-0.1, -0.05) is 18.0 Å². The fourth-order valence-corrected chi connectivity index (χ4v) is 2.50. The monoisotopic (exact) mass is 239 g/mol. The van der Waals surface area contributed by atoms with Crippen LogP contribution in [0.3, 0.4) is 0 Å². The van der Waals surface area contributed by atoms with Gasteiger partial charge in [-0.2, -0.15) is 4.98 Å². The van der Waals surface area contributed by atoms with Crippen LogP contribution in [0, 0.1) is 12.8 Å². The van der Waals surface area contributed by atoms with Crippen molar-refractivity contribution < 1.29 is 9.63 Å². The van der Waals surface area contributed by atoms with E-state index in [-0.39, 0.29) is 6.10 Å². The van der Waals surface area contributed by atoms with E-state index in [1.54, 1.807) is 0 Å². The topological polar surface area (TPSA) is 62.4 Å². The van der Waals surface area contributed by atoms with Gasteiger partial charge >= 0.3 is 0 Å². The van der Waals surface area contributed by atoms with Gasteiger partial charge in [0.1, 0.15) is 0 Å². The molecule has 1 fully saturated rings. The predicted molar refractivity (Wildman–Crippen MR) is 63.3 cm³/mol. The summed E-state index contributed by atoms with van der Waals surface area (Å²) in [7, 11) is 2.03. The lowest BCUT2D eigenvalue weighted by Gasteiger charge is -2.30. The molecular weight excluding hydrogens is 218 g/mol. The highest BCUT2D eigenvalue weighted by Crippen LogP contribution is 2.25. The molecule has 1 aromatic heterocycles. The summed E-state index contributed by atoms with van der Waals surface area (Å²) in [5.74, 6) is 1.71. The van der Waals surface area contributed by atoms with Crippen molar-refractivity contribution in [2.45, 2.75) is 45.3 Å². The molecule has 0 amide bonds. The maximum atomic E-state index is 9.91. The molecule has 5 nitrogen and oxygen atoms in total. The smallest absolute Gasteiger partial charge is 0.240 e. The first-order valence-corrected chi connectivity index (χ1v) is 6.31. The van der Waals surface area contributed by atoms with Gasteiger partial charge in [-0.15, -0.1) is 0 Å². The Kier molecular flexibility index (Phi) is 4.12. The molecular formula is C12H21N3O2. The highest BCUT2D eigenvalue weighted by Gasteiger charge is 2.24. The normalized spacial score (nSPS) is 25.4. The fourth-order valence-electron chi connectivity index (χ4n) is 2.50. The zero-order chi connectivity index (χ0) is 12.3. The van der Waals surface area contributed by atoms with Crippen LogP contribution in [0.2, 0.25) is 0 Å². The molecule has 2 rings (SSSR count). The van der Waals surface area contributed by atoms with Gasteiger partial charge < -0.3 is 9.63 Å². The molecule has 1 aliphatic carbocycles. The minimum Gasteiger partial charge on any atom is -0.393 e. The predicted octanol–water partition coefficient (Wildman–Crippen LogP) is 1.36. The maximum Gasteiger partial charge on any atom is 0.240 e. The highest BCUT2D eigenvalue weighted by atomic mass is 16.5. The number of hydrogen-bond donors (Lipinski definition) is 1. The molecule has 17 heavy (non-hydrogen) atoms. The van der Waals surface area contributed by atoms with Gasteiger partial charge in [-0.3, -0.25) is 4.90 Å². The first-order chi connectivity index (χ1) is 8.15. The SMILES string of the molecule is Cc1noc(CN(C)CC2CCCCC2O)n1. The van der Waals surface area contributed by atoms with Crippen LogP contribution in [-0.2, 0) is 6.54 Å². The van der Waals surface area contributed by atoms with Crippen molar-refractivity contribution in [1.82, 2.24) is 15.0 Å². The van der Waals surface area contributed by atoms with Gasteiger partial charge in [0.15, 0.2) is 5.82 Å². The second kappa shape index (κ2) is 5.60. The molecule has 1 aliphatic rings. The molecule has 0 spiro atoms. The third kappa shape index (κ3) is 3.51. The maximum absolute atomic E-state index is 9.91. The molecule has 0 aliphatic heterocycles. The average Bonchev–Trinajstić information content (AvgIpc) is 2.67. The third-order valence-electron chi connectivity index (χ3n) is 3.39. The van der Waals surface area contributed by atoms with Crippen molar-refractivity contribution in [1.29, 1.82) is 0 Å². The quantitative estimate of drug-likeness (QED) is 0.859. The molecule has 0 bridgehead atoms. The van der Waals surface area contributed by atoms with E-state index in [1.165, 1.54) is 6.42 Å². The number of hydrogen-bond acceptors (Lipinski definition) is 5. The fraction of sp³-hybridized carbons (Fsp3) is 0.833. The Morgan fingerprint density at radius 3 is 2.82 bits per heavy atom. The second-order valence-electron chi connectivity index (χ2n) is 5.04. The summed E-state index contributed by atoms with van der Waals surface area (Å²) in [6.45, 7) is 3.37. The van der Waals surface area contributed by atoms with Crippen LogP contribution < -0.4 is 0 Å². The molecule has 1 heterocycles. The van der Waals surface area contributed by atoms with E-state index < -0.39 is 0 Å². The van der Waals surface area contributed by atoms with E-state index >= 15 is 0 Å². The van der Waals surface area contributed by atoms with E-state index in [2.05, 4.69) is 15.0 Å². The van der Waals surface area contributed by atoms with Crippen LogP contribution in [0.4, 0.5) is 0 Å². The van der Waals surface area contributed by atoms with Crippen molar-refractivity contribution in [2.24, 2.45) is 5.92 Å². The largest absolute Gasteiger partial charge is 0.393 e. The number of aryl methyl sites for hydroxylation is 1. The van der Waals surface area contributed by atoms with Crippen LogP contribution in [0.25, 0.3) is 0 Å². The molecule has 96 valence electrons. The van der Waals surface area contributed by atoms with Crippen molar-refractivity contribution in [3.63, 3.8) is 0 Å². The van der Waals surface area contributed by atoms with Gasteiger partial charge in [0.25, 0.3) is 0 Å². The number of aliphatic hydroxyl groups excluding tert-OH is 1. The lowest BCUT2D eigenvalue weighted by Crippen LogP contribution is -2.34. The molecule has 1 aromatic rings. The van der Waals surface area contributed by atoms with E-state index in [0.29, 0.717) is 24.2 Å². The van der Waals surface area contributed by atoms with Gasteiger partial charge in [0, 0.05) is 6.54 Å². The van der Waals surface area contributed by atoms with E-state index in [9.17, 15) is 5.11 Å². The Balaban J connectivity index is 1.82. The minimum absolute atomic E-state index is 0.143. The Bertz CT molecular complexity index is 353. The average molecular weight is 239 g/mol. The van der Waals surface area contributed by atoms with E-state index in [0.717, 1.165) is 25.8 Å². The van der Waals surface area contributed by atoms with Crippen molar-refractivity contribution >= 4 is 0 Å². The minimum atomic E-state index is -0.143. The Morgan fingerprint density at radius 1 is 1.41 bits per heavy atom. The number of nitrogens with zero attached hydrogens (tertiary/aromatic N) is 3. The van der Waals surface area contributed by atoms with Crippen LogP contribution in [0.5, 0.6) is 0 Å². The summed E-state index contributed by atoms with van der Waals surface area (Å²) in [5.41, 5.74) is 0. The van der Waals surface area contributed by atoms with E-state index in [4.69, 9.17) is 4.52 Å². The lowest BCUT2D eigenvalue weighted by molar-refractivity contribution is 0.0484. The van der Waals surface area contributed by atoms with Crippen LogP contribution in [0.15, 0.2) is 4.52 Å². The van der Waals surface area contributed by atoms with Crippen LogP contribution in [0.1, 0.15) is 37.4 Å². The summed E-state index contributed by atoms with van der Waals surface area (Å²) in [4.78, 5) is 6.33. The molecule has 1 N–H and O–H groups in total.